The highest BCUT2D eigenvalue weighted by Crippen LogP contribution is 2.35. The molecule has 1 aromatic carbocycles. The molecule has 0 unspecified atom stereocenters. The zero-order valence-corrected chi connectivity index (χ0v) is 20.4. The summed E-state index contributed by atoms with van der Waals surface area (Å²) in [6, 6.07) is 9.12. The molecule has 0 aliphatic carbocycles. The molecule has 1 aliphatic heterocycles. The van der Waals surface area contributed by atoms with Crippen LogP contribution in [0.1, 0.15) is 42.2 Å². The number of aliphatic hydroxyl groups excluding tert-OH is 1. The lowest BCUT2D eigenvalue weighted by molar-refractivity contribution is -0.139. The van der Waals surface area contributed by atoms with E-state index in [0.29, 0.717) is 42.6 Å². The maximum atomic E-state index is 14.7. The van der Waals surface area contributed by atoms with E-state index < -0.39 is 17.9 Å². The van der Waals surface area contributed by atoms with E-state index in [2.05, 4.69) is 21.7 Å². The molecular weight excluding hydrogens is 467 g/mol. The van der Waals surface area contributed by atoms with Crippen molar-refractivity contribution in [2.24, 2.45) is 11.8 Å². The molecule has 0 spiro atoms. The van der Waals surface area contributed by atoms with Crippen LogP contribution in [0.3, 0.4) is 0 Å². The van der Waals surface area contributed by atoms with Crippen molar-refractivity contribution in [3.05, 3.63) is 58.2 Å². The fourth-order valence-corrected chi connectivity index (χ4v) is 5.47. The van der Waals surface area contributed by atoms with Crippen molar-refractivity contribution < 1.29 is 24.1 Å². The Bertz CT molecular complexity index is 1220. The lowest BCUT2D eigenvalue weighted by atomic mass is 9.79. The van der Waals surface area contributed by atoms with Gasteiger partial charge in [-0.05, 0) is 67.3 Å². The number of piperidine rings is 1. The average Bonchev–Trinajstić information content (AvgIpc) is 3.36. The van der Waals surface area contributed by atoms with E-state index in [4.69, 9.17) is 4.74 Å². The Labute approximate surface area is 208 Å². The van der Waals surface area contributed by atoms with Crippen LogP contribution in [0.15, 0.2) is 41.9 Å². The number of ether oxygens (including phenoxy) is 1. The number of carbonyl (C=O) groups is 1. The van der Waals surface area contributed by atoms with Crippen molar-refractivity contribution in [1.82, 2.24) is 9.88 Å². The molecular formula is C27H29FN2O4S. The molecule has 0 amide bonds. The van der Waals surface area contributed by atoms with Gasteiger partial charge in [-0.2, -0.15) is 0 Å². The van der Waals surface area contributed by atoms with Gasteiger partial charge >= 0.3 is 5.97 Å². The first kappa shape index (κ1) is 25.1. The number of hydrogen-bond donors (Lipinski definition) is 2. The van der Waals surface area contributed by atoms with E-state index in [1.54, 1.807) is 29.5 Å². The SMILES string of the molecule is COc1ccc2ncc(F)c([C@@H](O)CC[C@@H]3CCN(CC#Cc4cccs4)C[C@@H]3CC(=O)O)c2c1. The van der Waals surface area contributed by atoms with Gasteiger partial charge in [0, 0.05) is 23.9 Å². The summed E-state index contributed by atoms with van der Waals surface area (Å²) in [5, 5.41) is 23.0. The van der Waals surface area contributed by atoms with Crippen LogP contribution in [0.5, 0.6) is 5.75 Å². The number of methoxy groups -OCH3 is 1. The van der Waals surface area contributed by atoms with E-state index in [1.165, 1.54) is 7.11 Å². The molecule has 0 saturated carbocycles. The maximum Gasteiger partial charge on any atom is 0.303 e. The number of carboxylic acid groups (broad SMARTS) is 1. The second-order valence-corrected chi connectivity index (χ2v) is 9.86. The number of likely N-dealkylation sites (tertiary alicyclic amines) is 1. The van der Waals surface area contributed by atoms with Gasteiger partial charge in [0.05, 0.1) is 36.3 Å². The Morgan fingerprint density at radius 1 is 1.37 bits per heavy atom. The van der Waals surface area contributed by atoms with Crippen molar-refractivity contribution in [2.45, 2.75) is 31.8 Å². The van der Waals surface area contributed by atoms with Crippen molar-refractivity contribution in [2.75, 3.05) is 26.7 Å². The number of aliphatic hydroxyl groups is 1. The fraction of sp³-hybridized carbons (Fsp3) is 0.407. The summed E-state index contributed by atoms with van der Waals surface area (Å²) in [5.41, 5.74) is 0.798. The normalized spacial score (nSPS) is 19.2. The predicted molar refractivity (Wildman–Crippen MR) is 134 cm³/mol. The van der Waals surface area contributed by atoms with Crippen molar-refractivity contribution >= 4 is 28.2 Å². The first-order valence-corrected chi connectivity index (χ1v) is 12.6. The summed E-state index contributed by atoms with van der Waals surface area (Å²) in [5.74, 6) is 5.61. The van der Waals surface area contributed by atoms with E-state index in [1.807, 2.05) is 17.5 Å². The summed E-state index contributed by atoms with van der Waals surface area (Å²) in [4.78, 5) is 18.9. The summed E-state index contributed by atoms with van der Waals surface area (Å²) in [6.45, 7) is 2.06. The first-order chi connectivity index (χ1) is 16.9. The molecule has 2 N–H and O–H groups in total. The quantitative estimate of drug-likeness (QED) is 0.439. The zero-order chi connectivity index (χ0) is 24.8. The summed E-state index contributed by atoms with van der Waals surface area (Å²) in [6.07, 6.45) is 1.95. The van der Waals surface area contributed by atoms with Crippen LogP contribution in [0.4, 0.5) is 4.39 Å². The highest BCUT2D eigenvalue weighted by atomic mass is 32.1. The molecule has 1 saturated heterocycles. The van der Waals surface area contributed by atoms with Gasteiger partial charge in [-0.3, -0.25) is 14.7 Å². The van der Waals surface area contributed by atoms with Gasteiger partial charge in [0.15, 0.2) is 0 Å². The highest BCUT2D eigenvalue weighted by molar-refractivity contribution is 7.10. The Morgan fingerprint density at radius 3 is 2.97 bits per heavy atom. The first-order valence-electron chi connectivity index (χ1n) is 11.7. The van der Waals surface area contributed by atoms with Crippen LogP contribution in [0.25, 0.3) is 10.9 Å². The monoisotopic (exact) mass is 496 g/mol. The van der Waals surface area contributed by atoms with E-state index in [0.717, 1.165) is 24.0 Å². The van der Waals surface area contributed by atoms with Gasteiger partial charge in [-0.1, -0.05) is 17.9 Å². The second kappa shape index (κ2) is 11.6. The number of benzene rings is 1. The van der Waals surface area contributed by atoms with Crippen LogP contribution >= 0.6 is 11.3 Å². The van der Waals surface area contributed by atoms with Gasteiger partial charge in [0.25, 0.3) is 0 Å². The molecule has 3 heterocycles. The molecule has 8 heteroatoms. The van der Waals surface area contributed by atoms with Crippen LogP contribution in [-0.4, -0.2) is 52.8 Å². The molecule has 0 bridgehead atoms. The van der Waals surface area contributed by atoms with Crippen molar-refractivity contribution in [1.29, 1.82) is 0 Å². The number of pyridine rings is 1. The number of halogens is 1. The molecule has 3 atom stereocenters. The van der Waals surface area contributed by atoms with Crippen LogP contribution in [0, 0.1) is 29.5 Å². The number of thiophene rings is 1. The third-order valence-corrected chi connectivity index (χ3v) is 7.45. The third-order valence-electron chi connectivity index (χ3n) is 6.66. The topological polar surface area (TPSA) is 82.9 Å². The summed E-state index contributed by atoms with van der Waals surface area (Å²) in [7, 11) is 1.53. The van der Waals surface area contributed by atoms with Crippen molar-refractivity contribution in [3.63, 3.8) is 0 Å². The molecule has 2 aromatic heterocycles. The zero-order valence-electron chi connectivity index (χ0n) is 19.6. The van der Waals surface area contributed by atoms with E-state index in [-0.39, 0.29) is 23.8 Å². The average molecular weight is 497 g/mol. The predicted octanol–water partition coefficient (Wildman–Crippen LogP) is 4.72. The molecule has 4 rings (SSSR count). The minimum atomic E-state index is -1.02. The number of aromatic nitrogens is 1. The van der Waals surface area contributed by atoms with E-state index in [9.17, 15) is 19.4 Å². The van der Waals surface area contributed by atoms with Crippen LogP contribution < -0.4 is 4.74 Å². The standard InChI is InChI=1S/C27H29FN2O4S/c1-34-20-7-8-24-22(15-20)27(23(28)16-29-24)25(31)9-6-18-10-12-30(17-19(18)14-26(32)33)11-2-4-21-5-3-13-35-21/h3,5,7-8,13,15-16,18-19,25,31H,6,9-12,14,17H2,1H3,(H,32,33)/t18-,19+,25+/m1/s1. The highest BCUT2D eigenvalue weighted by Gasteiger charge is 2.31. The number of carboxylic acids is 1. The third kappa shape index (κ3) is 6.37. The number of fused-ring (bicyclic) bond motifs is 1. The molecule has 1 aliphatic rings. The Kier molecular flexibility index (Phi) is 8.34. The van der Waals surface area contributed by atoms with Gasteiger partial charge in [0.1, 0.15) is 11.6 Å². The van der Waals surface area contributed by atoms with Crippen LogP contribution in [-0.2, 0) is 4.79 Å². The number of hydrogen-bond acceptors (Lipinski definition) is 6. The Morgan fingerprint density at radius 2 is 2.23 bits per heavy atom. The molecule has 184 valence electrons. The smallest absolute Gasteiger partial charge is 0.303 e. The van der Waals surface area contributed by atoms with E-state index >= 15 is 0 Å². The molecule has 35 heavy (non-hydrogen) atoms. The van der Waals surface area contributed by atoms with Gasteiger partial charge < -0.3 is 14.9 Å². The van der Waals surface area contributed by atoms with Crippen molar-refractivity contribution in [3.8, 4) is 17.6 Å². The lowest BCUT2D eigenvalue weighted by Crippen LogP contribution is -2.41. The fourth-order valence-electron chi connectivity index (χ4n) is 4.87. The van der Waals surface area contributed by atoms with Gasteiger partial charge in [0.2, 0.25) is 0 Å². The van der Waals surface area contributed by atoms with Crippen LogP contribution in [0.2, 0.25) is 0 Å². The Balaban J connectivity index is 1.42. The molecule has 3 aromatic rings. The maximum absolute atomic E-state index is 14.7. The number of rotatable bonds is 8. The van der Waals surface area contributed by atoms with Gasteiger partial charge in [-0.15, -0.1) is 11.3 Å². The summed E-state index contributed by atoms with van der Waals surface area (Å²) >= 11 is 1.60. The minimum absolute atomic E-state index is 0.0453. The molecule has 6 nitrogen and oxygen atoms in total. The summed E-state index contributed by atoms with van der Waals surface area (Å²) < 4.78 is 20.0. The second-order valence-electron chi connectivity index (χ2n) is 8.92. The lowest BCUT2D eigenvalue weighted by Gasteiger charge is -2.37. The largest absolute Gasteiger partial charge is 0.497 e. The Hall–Kier alpha value is -2.99. The molecule has 0 radical (unpaired) electrons. The minimum Gasteiger partial charge on any atom is -0.497 e. The number of aliphatic carboxylic acids is 1. The number of nitrogens with zero attached hydrogens (tertiary/aromatic N) is 2. The van der Waals surface area contributed by atoms with Gasteiger partial charge in [-0.25, -0.2) is 4.39 Å². The molecule has 1 fully saturated rings.